The number of hydrogen-bond donors (Lipinski definition) is 1. The normalized spacial score (nSPS) is 21.3. The highest BCUT2D eigenvalue weighted by molar-refractivity contribution is 7.11. The maximum Gasteiger partial charge on any atom is 0.293 e. The molecule has 1 aromatic carbocycles. The van der Waals surface area contributed by atoms with E-state index in [0.717, 1.165) is 44.1 Å². The van der Waals surface area contributed by atoms with E-state index in [1.165, 1.54) is 9.75 Å². The van der Waals surface area contributed by atoms with Crippen LogP contribution in [0.25, 0.3) is 0 Å². The molecule has 2 aliphatic rings. The van der Waals surface area contributed by atoms with E-state index in [-0.39, 0.29) is 5.91 Å². The van der Waals surface area contributed by atoms with Gasteiger partial charge in [-0.1, -0.05) is 18.2 Å². The summed E-state index contributed by atoms with van der Waals surface area (Å²) in [7, 11) is 0. The minimum atomic E-state index is -0.188. The third kappa shape index (κ3) is 3.36. The number of anilines is 1. The summed E-state index contributed by atoms with van der Waals surface area (Å²) in [5.74, 6) is 2.32. The fourth-order valence-corrected chi connectivity index (χ4v) is 5.35. The van der Waals surface area contributed by atoms with Crippen molar-refractivity contribution in [3.05, 3.63) is 63.9 Å². The van der Waals surface area contributed by atoms with Gasteiger partial charge in [0.25, 0.3) is 5.91 Å². The number of carbonyl (C=O) groups excluding carboxylic acids is 1. The molecule has 144 valence electrons. The van der Waals surface area contributed by atoms with Crippen molar-refractivity contribution in [1.29, 1.82) is 0 Å². The molecular formula is C21H23N5OS. The number of carbonyl (C=O) groups is 1. The molecule has 0 unspecified atom stereocenters. The van der Waals surface area contributed by atoms with Crippen LogP contribution in [0.15, 0.2) is 42.5 Å². The summed E-state index contributed by atoms with van der Waals surface area (Å²) < 4.78 is 2.03. The maximum atomic E-state index is 12.7. The summed E-state index contributed by atoms with van der Waals surface area (Å²) in [5.41, 5.74) is 0.775. The second-order valence-corrected chi connectivity index (χ2v) is 9.17. The minimum absolute atomic E-state index is 0.188. The van der Waals surface area contributed by atoms with Gasteiger partial charge in [-0.2, -0.15) is 0 Å². The molecule has 0 bridgehead atoms. The molecule has 0 radical (unpaired) electrons. The molecule has 28 heavy (non-hydrogen) atoms. The maximum absolute atomic E-state index is 12.7. The molecule has 3 aromatic rings. The second-order valence-electron chi connectivity index (χ2n) is 7.80. The lowest BCUT2D eigenvalue weighted by atomic mass is 9.89. The number of likely N-dealkylation sites (tertiary alicyclic amines) is 1. The fourth-order valence-electron chi connectivity index (χ4n) is 4.42. The van der Waals surface area contributed by atoms with Gasteiger partial charge in [0.05, 0.1) is 0 Å². The van der Waals surface area contributed by atoms with Crippen molar-refractivity contribution in [3.63, 3.8) is 0 Å². The van der Waals surface area contributed by atoms with Crippen LogP contribution >= 0.6 is 11.3 Å². The van der Waals surface area contributed by atoms with E-state index >= 15 is 0 Å². The van der Waals surface area contributed by atoms with Crippen molar-refractivity contribution in [1.82, 2.24) is 19.7 Å². The van der Waals surface area contributed by atoms with E-state index in [4.69, 9.17) is 0 Å². The molecule has 2 aliphatic heterocycles. The Morgan fingerprint density at radius 1 is 1.11 bits per heavy atom. The van der Waals surface area contributed by atoms with Gasteiger partial charge in [0, 0.05) is 48.0 Å². The Morgan fingerprint density at radius 2 is 1.93 bits per heavy atom. The second kappa shape index (κ2) is 7.14. The fraction of sp³-hybridized carbons (Fsp3) is 0.381. The Balaban J connectivity index is 1.28. The van der Waals surface area contributed by atoms with Crippen LogP contribution in [0, 0.1) is 18.8 Å². The third-order valence-corrected chi connectivity index (χ3v) is 6.74. The molecule has 5 rings (SSSR count). The number of aromatic nitrogens is 3. The monoisotopic (exact) mass is 393 g/mol. The number of thiophene rings is 1. The number of para-hydroxylation sites is 1. The van der Waals surface area contributed by atoms with E-state index in [2.05, 4.69) is 39.5 Å². The highest BCUT2D eigenvalue weighted by Crippen LogP contribution is 2.34. The SMILES string of the molecule is Cc1ccc(CN2C[C@@H]3Cc4nnc(C(=O)Nc5ccccc5)n4C[C@@H]3C2)s1. The van der Waals surface area contributed by atoms with Gasteiger partial charge < -0.3 is 9.88 Å². The van der Waals surface area contributed by atoms with Crippen LogP contribution in [0.2, 0.25) is 0 Å². The lowest BCUT2D eigenvalue weighted by Gasteiger charge is -2.25. The van der Waals surface area contributed by atoms with Crippen LogP contribution in [-0.2, 0) is 19.5 Å². The van der Waals surface area contributed by atoms with Crippen molar-refractivity contribution < 1.29 is 4.79 Å². The number of hydrogen-bond acceptors (Lipinski definition) is 5. The summed E-state index contributed by atoms with van der Waals surface area (Å²) in [6.45, 7) is 6.17. The molecule has 0 aliphatic carbocycles. The Hall–Kier alpha value is -2.51. The molecule has 1 saturated heterocycles. The topological polar surface area (TPSA) is 63.1 Å². The Labute approximate surface area is 168 Å². The van der Waals surface area contributed by atoms with Gasteiger partial charge in [0.1, 0.15) is 5.82 Å². The zero-order chi connectivity index (χ0) is 19.1. The van der Waals surface area contributed by atoms with Gasteiger partial charge in [0.2, 0.25) is 5.82 Å². The van der Waals surface area contributed by atoms with Crippen LogP contribution in [-0.4, -0.2) is 38.7 Å². The molecule has 6 nitrogen and oxygen atoms in total. The van der Waals surface area contributed by atoms with E-state index < -0.39 is 0 Å². The van der Waals surface area contributed by atoms with Gasteiger partial charge in [-0.05, 0) is 43.0 Å². The predicted molar refractivity (Wildman–Crippen MR) is 109 cm³/mol. The third-order valence-electron chi connectivity index (χ3n) is 5.75. The number of rotatable bonds is 4. The van der Waals surface area contributed by atoms with Crippen LogP contribution in [0.4, 0.5) is 5.69 Å². The summed E-state index contributed by atoms with van der Waals surface area (Å²) in [4.78, 5) is 18.0. The van der Waals surface area contributed by atoms with Crippen molar-refractivity contribution >= 4 is 22.9 Å². The van der Waals surface area contributed by atoms with Gasteiger partial charge >= 0.3 is 0 Å². The summed E-state index contributed by atoms with van der Waals surface area (Å²) in [5, 5.41) is 11.5. The first-order valence-corrected chi connectivity index (χ1v) is 10.5. The van der Waals surface area contributed by atoms with Gasteiger partial charge in [-0.15, -0.1) is 21.5 Å². The highest BCUT2D eigenvalue weighted by atomic mass is 32.1. The highest BCUT2D eigenvalue weighted by Gasteiger charge is 2.39. The number of fused-ring (bicyclic) bond motifs is 2. The van der Waals surface area contributed by atoms with E-state index in [1.807, 2.05) is 46.2 Å². The minimum Gasteiger partial charge on any atom is -0.319 e. The molecule has 7 heteroatoms. The zero-order valence-electron chi connectivity index (χ0n) is 15.8. The summed E-state index contributed by atoms with van der Waals surface area (Å²) >= 11 is 1.88. The Kier molecular flexibility index (Phi) is 4.49. The number of nitrogens with zero attached hydrogens (tertiary/aromatic N) is 4. The molecule has 1 N–H and O–H groups in total. The largest absolute Gasteiger partial charge is 0.319 e. The van der Waals surface area contributed by atoms with E-state index in [1.54, 1.807) is 0 Å². The smallest absolute Gasteiger partial charge is 0.293 e. The summed E-state index contributed by atoms with van der Waals surface area (Å²) in [6, 6.07) is 13.9. The number of aryl methyl sites for hydroxylation is 1. The standard InChI is InChI=1S/C21H23N5OS/c1-14-7-8-18(28-14)13-25-10-15-9-19-23-24-20(26(19)12-16(15)11-25)21(27)22-17-5-3-2-4-6-17/h2-8,15-16H,9-13H2,1H3,(H,22,27)/t15-,16-/m0/s1. The van der Waals surface area contributed by atoms with Crippen molar-refractivity contribution in [3.8, 4) is 0 Å². The quantitative estimate of drug-likeness (QED) is 0.739. The van der Waals surface area contributed by atoms with Gasteiger partial charge in [0.15, 0.2) is 0 Å². The van der Waals surface area contributed by atoms with Crippen LogP contribution in [0.1, 0.15) is 26.2 Å². The Bertz CT molecular complexity index is 995. The Morgan fingerprint density at radius 3 is 2.71 bits per heavy atom. The number of amides is 1. The average Bonchev–Trinajstić information content (AvgIpc) is 3.38. The number of nitrogens with one attached hydrogen (secondary N) is 1. The first-order chi connectivity index (χ1) is 13.7. The average molecular weight is 394 g/mol. The molecule has 1 amide bonds. The van der Waals surface area contributed by atoms with Gasteiger partial charge in [-0.3, -0.25) is 9.69 Å². The van der Waals surface area contributed by atoms with E-state index in [9.17, 15) is 4.79 Å². The molecule has 0 spiro atoms. The molecular weight excluding hydrogens is 370 g/mol. The van der Waals surface area contributed by atoms with Crippen molar-refractivity contribution in [2.24, 2.45) is 11.8 Å². The number of benzene rings is 1. The molecule has 2 aromatic heterocycles. The van der Waals surface area contributed by atoms with E-state index in [0.29, 0.717) is 17.7 Å². The first kappa shape index (κ1) is 17.6. The molecule has 0 saturated carbocycles. The predicted octanol–water partition coefficient (Wildman–Crippen LogP) is 3.20. The molecule has 1 fully saturated rings. The van der Waals surface area contributed by atoms with Gasteiger partial charge in [-0.25, -0.2) is 0 Å². The summed E-state index contributed by atoms with van der Waals surface area (Å²) in [6.07, 6.45) is 0.899. The zero-order valence-corrected chi connectivity index (χ0v) is 16.7. The lowest BCUT2D eigenvalue weighted by molar-refractivity contribution is 0.100. The van der Waals surface area contributed by atoms with Crippen molar-refractivity contribution in [2.75, 3.05) is 18.4 Å². The lowest BCUT2D eigenvalue weighted by Crippen LogP contribution is -2.31. The van der Waals surface area contributed by atoms with Crippen LogP contribution < -0.4 is 5.32 Å². The van der Waals surface area contributed by atoms with Crippen LogP contribution in [0.5, 0.6) is 0 Å². The first-order valence-electron chi connectivity index (χ1n) is 9.72. The molecule has 2 atom stereocenters. The van der Waals surface area contributed by atoms with Crippen molar-refractivity contribution in [2.45, 2.75) is 26.4 Å². The molecule has 4 heterocycles. The van der Waals surface area contributed by atoms with Crippen LogP contribution in [0.3, 0.4) is 0 Å².